The van der Waals surface area contributed by atoms with Gasteiger partial charge in [-0.2, -0.15) is 15.0 Å². The Morgan fingerprint density at radius 1 is 1.17 bits per heavy atom. The lowest BCUT2D eigenvalue weighted by Gasteiger charge is -2.38. The van der Waals surface area contributed by atoms with E-state index >= 15 is 0 Å². The maximum atomic E-state index is 12.5. The highest BCUT2D eigenvalue weighted by molar-refractivity contribution is 5.81. The zero-order valence-electron chi connectivity index (χ0n) is 16.6. The Morgan fingerprint density at radius 2 is 1.93 bits per heavy atom. The van der Waals surface area contributed by atoms with Crippen molar-refractivity contribution in [3.05, 3.63) is 36.2 Å². The molecular formula is C20H27N7O2. The van der Waals surface area contributed by atoms with Crippen LogP contribution >= 0.6 is 0 Å². The van der Waals surface area contributed by atoms with E-state index in [0.29, 0.717) is 31.5 Å². The smallest absolute Gasteiger partial charge is 0.251 e. The summed E-state index contributed by atoms with van der Waals surface area (Å²) in [4.78, 5) is 29.8. The normalized spacial score (nSPS) is 21.1. The number of piperazine rings is 1. The molecule has 2 fully saturated rings. The number of carbonyl (C=O) groups is 1. The molecule has 2 aliphatic heterocycles. The molecule has 0 bridgehead atoms. The highest BCUT2D eigenvalue weighted by Gasteiger charge is 2.32. The number of nitrogen functional groups attached to an aromatic ring is 1. The van der Waals surface area contributed by atoms with Gasteiger partial charge in [-0.1, -0.05) is 18.2 Å². The molecule has 3 heterocycles. The predicted molar refractivity (Wildman–Crippen MR) is 110 cm³/mol. The average molecular weight is 397 g/mol. The van der Waals surface area contributed by atoms with Crippen LogP contribution < -0.4 is 11.1 Å². The van der Waals surface area contributed by atoms with Crippen LogP contribution in [0.25, 0.3) is 0 Å². The van der Waals surface area contributed by atoms with E-state index in [4.69, 9.17) is 10.5 Å². The molecule has 29 heavy (non-hydrogen) atoms. The fourth-order valence-corrected chi connectivity index (χ4v) is 3.77. The van der Waals surface area contributed by atoms with Gasteiger partial charge in [0.2, 0.25) is 11.9 Å². The molecule has 2 saturated heterocycles. The summed E-state index contributed by atoms with van der Waals surface area (Å²) in [5.74, 6) is 1.36. The van der Waals surface area contributed by atoms with Crippen molar-refractivity contribution in [2.75, 3.05) is 43.8 Å². The van der Waals surface area contributed by atoms with Gasteiger partial charge in [-0.3, -0.25) is 9.69 Å². The van der Waals surface area contributed by atoms with Gasteiger partial charge in [-0.15, -0.1) is 0 Å². The van der Waals surface area contributed by atoms with Gasteiger partial charge >= 0.3 is 0 Å². The minimum atomic E-state index is -0.256. The first kappa shape index (κ1) is 19.5. The summed E-state index contributed by atoms with van der Waals surface area (Å²) in [7, 11) is 0. The van der Waals surface area contributed by atoms with E-state index in [0.717, 1.165) is 31.6 Å². The summed E-state index contributed by atoms with van der Waals surface area (Å²) in [6.07, 6.45) is 1.54. The first-order chi connectivity index (χ1) is 14.1. The Labute approximate surface area is 170 Å². The molecule has 2 aromatic rings. The Bertz CT molecular complexity index is 834. The molecule has 0 aliphatic carbocycles. The molecule has 9 nitrogen and oxygen atoms in total. The first-order valence-electron chi connectivity index (χ1n) is 10.1. The summed E-state index contributed by atoms with van der Waals surface area (Å²) in [6.45, 7) is 5.61. The Balaban J connectivity index is 1.39. The van der Waals surface area contributed by atoms with Crippen LogP contribution in [-0.2, 0) is 9.53 Å². The van der Waals surface area contributed by atoms with Crippen molar-refractivity contribution in [1.29, 1.82) is 0 Å². The minimum Gasteiger partial charge on any atom is -0.368 e. The standard InChI is InChI=1S/C20H27N7O2/c1-14(26-9-11-27(12-10-26)18(28)16-8-5-13-29-16)17-23-19(21)25-20(24-17)22-15-6-3-2-4-7-15/h2-4,6-7,14,16H,5,8-13H2,1H3,(H3,21,22,23,24,25)/t14-,16-/m0/s1. The molecule has 1 aromatic carbocycles. The largest absolute Gasteiger partial charge is 0.368 e. The molecule has 154 valence electrons. The summed E-state index contributed by atoms with van der Waals surface area (Å²) in [5.41, 5.74) is 6.81. The van der Waals surface area contributed by atoms with Gasteiger partial charge in [0.1, 0.15) is 6.10 Å². The van der Waals surface area contributed by atoms with Crippen LogP contribution in [0.4, 0.5) is 17.6 Å². The zero-order valence-corrected chi connectivity index (χ0v) is 16.6. The number of carbonyl (C=O) groups excluding carboxylic acids is 1. The maximum Gasteiger partial charge on any atom is 0.251 e. The van der Waals surface area contributed by atoms with Crippen LogP contribution in [0.5, 0.6) is 0 Å². The van der Waals surface area contributed by atoms with Crippen LogP contribution in [0.3, 0.4) is 0 Å². The summed E-state index contributed by atoms with van der Waals surface area (Å²) in [6, 6.07) is 9.67. The molecule has 2 aliphatic rings. The maximum absolute atomic E-state index is 12.5. The molecule has 9 heteroatoms. The van der Waals surface area contributed by atoms with Gasteiger partial charge in [0.05, 0.1) is 6.04 Å². The van der Waals surface area contributed by atoms with E-state index in [1.165, 1.54) is 0 Å². The monoisotopic (exact) mass is 397 g/mol. The molecule has 4 rings (SSSR count). The number of anilines is 3. The Kier molecular flexibility index (Phi) is 5.86. The van der Waals surface area contributed by atoms with Gasteiger partial charge in [-0.05, 0) is 31.9 Å². The molecule has 1 aromatic heterocycles. The third-order valence-electron chi connectivity index (χ3n) is 5.45. The van der Waals surface area contributed by atoms with Crippen molar-refractivity contribution < 1.29 is 9.53 Å². The second-order valence-corrected chi connectivity index (χ2v) is 7.41. The van der Waals surface area contributed by atoms with Crippen LogP contribution in [0.1, 0.15) is 31.6 Å². The van der Waals surface area contributed by atoms with E-state index in [9.17, 15) is 4.79 Å². The fraction of sp³-hybridized carbons (Fsp3) is 0.500. The van der Waals surface area contributed by atoms with Gasteiger partial charge in [-0.25, -0.2) is 0 Å². The number of rotatable bonds is 5. The Morgan fingerprint density at radius 3 is 2.62 bits per heavy atom. The van der Waals surface area contributed by atoms with Crippen molar-refractivity contribution in [3.63, 3.8) is 0 Å². The number of ether oxygens (including phenoxy) is 1. The topological polar surface area (TPSA) is 109 Å². The number of hydrogen-bond acceptors (Lipinski definition) is 8. The summed E-state index contributed by atoms with van der Waals surface area (Å²) >= 11 is 0. The molecule has 0 radical (unpaired) electrons. The van der Waals surface area contributed by atoms with E-state index in [2.05, 4.69) is 32.1 Å². The fourth-order valence-electron chi connectivity index (χ4n) is 3.77. The first-order valence-corrected chi connectivity index (χ1v) is 10.1. The number of benzene rings is 1. The average Bonchev–Trinajstić information content (AvgIpc) is 3.28. The van der Waals surface area contributed by atoms with Crippen molar-refractivity contribution in [1.82, 2.24) is 24.8 Å². The quantitative estimate of drug-likeness (QED) is 0.783. The second kappa shape index (κ2) is 8.71. The van der Waals surface area contributed by atoms with E-state index in [-0.39, 0.29) is 24.0 Å². The van der Waals surface area contributed by atoms with Gasteiger partial charge in [0.25, 0.3) is 5.91 Å². The molecule has 0 unspecified atom stereocenters. The van der Waals surface area contributed by atoms with Gasteiger partial charge in [0.15, 0.2) is 5.82 Å². The molecule has 3 N–H and O–H groups in total. The molecule has 2 atom stereocenters. The second-order valence-electron chi connectivity index (χ2n) is 7.41. The number of para-hydroxylation sites is 1. The van der Waals surface area contributed by atoms with Crippen LogP contribution in [0.2, 0.25) is 0 Å². The zero-order chi connectivity index (χ0) is 20.2. The summed E-state index contributed by atoms with van der Waals surface area (Å²) in [5, 5.41) is 3.17. The number of hydrogen-bond donors (Lipinski definition) is 2. The minimum absolute atomic E-state index is 0.0309. The highest BCUT2D eigenvalue weighted by atomic mass is 16.5. The van der Waals surface area contributed by atoms with Crippen molar-refractivity contribution >= 4 is 23.5 Å². The third kappa shape index (κ3) is 4.63. The number of nitrogens with zero attached hydrogens (tertiary/aromatic N) is 5. The highest BCUT2D eigenvalue weighted by Crippen LogP contribution is 2.22. The molecular weight excluding hydrogens is 370 g/mol. The van der Waals surface area contributed by atoms with Gasteiger partial charge < -0.3 is 20.7 Å². The van der Waals surface area contributed by atoms with Crippen molar-refractivity contribution in [2.45, 2.75) is 31.9 Å². The Hall–Kier alpha value is -2.78. The van der Waals surface area contributed by atoms with Crippen molar-refractivity contribution in [2.24, 2.45) is 0 Å². The molecule has 0 saturated carbocycles. The van der Waals surface area contributed by atoms with E-state index in [1.54, 1.807) is 0 Å². The van der Waals surface area contributed by atoms with Crippen molar-refractivity contribution in [3.8, 4) is 0 Å². The lowest BCUT2D eigenvalue weighted by molar-refractivity contribution is -0.143. The molecule has 0 spiro atoms. The predicted octanol–water partition coefficient (Wildman–Crippen LogP) is 1.58. The van der Waals surface area contributed by atoms with E-state index < -0.39 is 0 Å². The molecule has 1 amide bonds. The van der Waals surface area contributed by atoms with E-state index in [1.807, 2.05) is 35.2 Å². The summed E-state index contributed by atoms with van der Waals surface area (Å²) < 4.78 is 5.53. The third-order valence-corrected chi connectivity index (χ3v) is 5.45. The SMILES string of the molecule is C[C@@H](c1nc(N)nc(Nc2ccccc2)n1)N1CCN(C(=O)[C@@H]2CCCO2)CC1. The lowest BCUT2D eigenvalue weighted by Crippen LogP contribution is -2.51. The van der Waals surface area contributed by atoms with Gasteiger partial charge in [0, 0.05) is 38.5 Å². The number of aromatic nitrogens is 3. The van der Waals surface area contributed by atoms with Crippen LogP contribution in [0.15, 0.2) is 30.3 Å². The van der Waals surface area contributed by atoms with Crippen LogP contribution in [-0.4, -0.2) is 69.5 Å². The number of nitrogens with two attached hydrogens (primary N) is 1. The van der Waals surface area contributed by atoms with Crippen LogP contribution in [0, 0.1) is 0 Å². The lowest BCUT2D eigenvalue weighted by atomic mass is 10.1. The number of amides is 1. The number of nitrogens with one attached hydrogen (secondary N) is 1.